The van der Waals surface area contributed by atoms with Crippen molar-refractivity contribution in [1.82, 2.24) is 5.43 Å². The van der Waals surface area contributed by atoms with Crippen LogP contribution in [0.5, 0.6) is 5.75 Å². The van der Waals surface area contributed by atoms with E-state index in [1.165, 1.54) is 20.1 Å². The smallest absolute Gasteiger partial charge is 0.329 e. The Bertz CT molecular complexity index is 943. The number of nitrogens with one attached hydrogen (secondary N) is 3. The zero-order valence-corrected chi connectivity index (χ0v) is 17.1. The van der Waals surface area contributed by atoms with Crippen LogP contribution in [0.15, 0.2) is 47.6 Å². The minimum atomic E-state index is -0.989. The maximum Gasteiger partial charge on any atom is 0.329 e. The average Bonchev–Trinajstić information content (AvgIpc) is 2.65. The molecule has 0 aliphatic heterocycles. The number of para-hydroxylation sites is 2. The minimum absolute atomic E-state index is 0.113. The Kier molecular flexibility index (Phi) is 7.99. The molecule has 2 aromatic carbocycles. The predicted octanol–water partition coefficient (Wildman–Crippen LogP) is 3.46. The van der Waals surface area contributed by atoms with Gasteiger partial charge in [-0.1, -0.05) is 35.3 Å². The number of methoxy groups -OCH3 is 1. The Balaban J connectivity index is 1.88. The van der Waals surface area contributed by atoms with Gasteiger partial charge in [-0.25, -0.2) is 5.43 Å². The van der Waals surface area contributed by atoms with E-state index in [2.05, 4.69) is 21.2 Å². The fourth-order valence-corrected chi connectivity index (χ4v) is 2.75. The van der Waals surface area contributed by atoms with Crippen LogP contribution in [0.1, 0.15) is 13.3 Å². The lowest BCUT2D eigenvalue weighted by atomic mass is 10.2. The molecule has 2 rings (SSSR count). The number of anilines is 2. The van der Waals surface area contributed by atoms with E-state index in [-0.39, 0.29) is 12.1 Å². The van der Waals surface area contributed by atoms with Crippen molar-refractivity contribution in [3.05, 3.63) is 52.5 Å². The van der Waals surface area contributed by atoms with Gasteiger partial charge in [0.1, 0.15) is 5.75 Å². The Hall–Kier alpha value is -3.10. The van der Waals surface area contributed by atoms with Gasteiger partial charge in [-0.15, -0.1) is 0 Å². The SMILES string of the molecule is COc1ccccc1NC(=O)C(=O)N/N=C(\C)CC(=O)Nc1cc(Cl)cc(Cl)c1. The molecule has 0 fully saturated rings. The molecule has 3 amide bonds. The lowest BCUT2D eigenvalue weighted by molar-refractivity contribution is -0.136. The van der Waals surface area contributed by atoms with Crippen LogP contribution in [0.4, 0.5) is 11.4 Å². The Labute approximate surface area is 177 Å². The van der Waals surface area contributed by atoms with E-state index in [4.69, 9.17) is 27.9 Å². The summed E-state index contributed by atoms with van der Waals surface area (Å²) < 4.78 is 5.10. The first kappa shape index (κ1) is 22.2. The van der Waals surface area contributed by atoms with Crippen molar-refractivity contribution in [2.75, 3.05) is 17.7 Å². The number of hydrogen-bond acceptors (Lipinski definition) is 5. The molecule has 0 aliphatic rings. The standard InChI is InChI=1S/C19H18Cl2N4O4/c1-11(7-17(26)22-14-9-12(20)8-13(21)10-14)24-25-19(28)18(27)23-15-5-3-4-6-16(15)29-2/h3-6,8-10H,7H2,1-2H3,(H,22,26)(H,23,27)(H,25,28)/b24-11+. The molecule has 8 nitrogen and oxygen atoms in total. The third-order valence-corrected chi connectivity index (χ3v) is 3.91. The highest BCUT2D eigenvalue weighted by Gasteiger charge is 2.15. The number of rotatable bonds is 6. The summed E-state index contributed by atoms with van der Waals surface area (Å²) in [5.41, 5.74) is 3.16. The average molecular weight is 437 g/mol. The second-order valence-corrected chi connectivity index (χ2v) is 6.70. The lowest BCUT2D eigenvalue weighted by Gasteiger charge is -2.09. The molecule has 29 heavy (non-hydrogen) atoms. The zero-order chi connectivity index (χ0) is 21.4. The van der Waals surface area contributed by atoms with Crippen LogP contribution in [0.2, 0.25) is 10.0 Å². The molecule has 0 aromatic heterocycles. The van der Waals surface area contributed by atoms with Crippen molar-refractivity contribution in [3.8, 4) is 5.75 Å². The van der Waals surface area contributed by atoms with Crippen molar-refractivity contribution in [3.63, 3.8) is 0 Å². The molecule has 0 heterocycles. The summed E-state index contributed by atoms with van der Waals surface area (Å²) in [6, 6.07) is 11.3. The molecule has 0 aliphatic carbocycles. The largest absolute Gasteiger partial charge is 0.495 e. The van der Waals surface area contributed by atoms with Crippen LogP contribution >= 0.6 is 23.2 Å². The first-order valence-corrected chi connectivity index (χ1v) is 9.07. The number of carbonyl (C=O) groups is 3. The van der Waals surface area contributed by atoms with Gasteiger partial charge in [0.15, 0.2) is 0 Å². The number of ether oxygens (including phenoxy) is 1. The van der Waals surface area contributed by atoms with Crippen LogP contribution in [-0.2, 0) is 14.4 Å². The van der Waals surface area contributed by atoms with Gasteiger partial charge in [-0.05, 0) is 37.3 Å². The molecule has 3 N–H and O–H groups in total. The summed E-state index contributed by atoms with van der Waals surface area (Å²) in [5.74, 6) is -1.90. The molecule has 0 unspecified atom stereocenters. The van der Waals surface area contributed by atoms with Gasteiger partial charge in [0.2, 0.25) is 5.91 Å². The van der Waals surface area contributed by atoms with E-state index in [1.54, 1.807) is 36.4 Å². The number of hydrazone groups is 1. The summed E-state index contributed by atoms with van der Waals surface area (Å²) in [6.07, 6.45) is -0.113. The molecule has 0 saturated carbocycles. The van der Waals surface area contributed by atoms with Crippen LogP contribution in [0.25, 0.3) is 0 Å². The second-order valence-electron chi connectivity index (χ2n) is 5.83. The van der Waals surface area contributed by atoms with Gasteiger partial charge >= 0.3 is 11.8 Å². The summed E-state index contributed by atoms with van der Waals surface area (Å²) >= 11 is 11.8. The van der Waals surface area contributed by atoms with Gasteiger partial charge in [0.05, 0.1) is 19.2 Å². The van der Waals surface area contributed by atoms with E-state index < -0.39 is 17.7 Å². The summed E-state index contributed by atoms with van der Waals surface area (Å²) in [4.78, 5) is 35.9. The second kappa shape index (κ2) is 10.4. The highest BCUT2D eigenvalue weighted by atomic mass is 35.5. The predicted molar refractivity (Wildman–Crippen MR) is 113 cm³/mol. The van der Waals surface area contributed by atoms with Gasteiger partial charge in [0.25, 0.3) is 0 Å². The minimum Gasteiger partial charge on any atom is -0.495 e. The van der Waals surface area contributed by atoms with Gasteiger partial charge in [0, 0.05) is 21.4 Å². The number of nitrogens with zero attached hydrogens (tertiary/aromatic N) is 1. The highest BCUT2D eigenvalue weighted by molar-refractivity contribution is 6.39. The van der Waals surface area contributed by atoms with Crippen LogP contribution < -0.4 is 20.8 Å². The molecule has 2 aromatic rings. The van der Waals surface area contributed by atoms with Crippen molar-refractivity contribution in [1.29, 1.82) is 0 Å². The molecule has 0 atom stereocenters. The van der Waals surface area contributed by atoms with Crippen LogP contribution in [0.3, 0.4) is 0 Å². The zero-order valence-electron chi connectivity index (χ0n) is 15.6. The molecule has 10 heteroatoms. The first-order chi connectivity index (χ1) is 13.8. The number of halogens is 2. The van der Waals surface area contributed by atoms with Gasteiger partial charge < -0.3 is 15.4 Å². The maximum atomic E-state index is 12.1. The quantitative estimate of drug-likeness (QED) is 0.365. The third kappa shape index (κ3) is 7.10. The Morgan fingerprint density at radius 1 is 1.00 bits per heavy atom. The Morgan fingerprint density at radius 2 is 1.66 bits per heavy atom. The van der Waals surface area contributed by atoms with E-state index in [0.29, 0.717) is 27.2 Å². The van der Waals surface area contributed by atoms with Crippen molar-refractivity contribution in [2.24, 2.45) is 5.10 Å². The molecular formula is C19H18Cl2N4O4. The number of benzene rings is 2. The highest BCUT2D eigenvalue weighted by Crippen LogP contribution is 2.23. The number of amides is 3. The fourth-order valence-electron chi connectivity index (χ4n) is 2.23. The number of hydrogen-bond donors (Lipinski definition) is 3. The van der Waals surface area contributed by atoms with Crippen molar-refractivity contribution >= 4 is 58.0 Å². The van der Waals surface area contributed by atoms with Gasteiger partial charge in [-0.3, -0.25) is 14.4 Å². The van der Waals surface area contributed by atoms with E-state index in [0.717, 1.165) is 0 Å². The van der Waals surface area contributed by atoms with E-state index >= 15 is 0 Å². The molecule has 0 spiro atoms. The fraction of sp³-hybridized carbons (Fsp3) is 0.158. The summed E-state index contributed by atoms with van der Waals surface area (Å²) in [6.45, 7) is 1.53. The normalized spacial score (nSPS) is 10.8. The maximum absolute atomic E-state index is 12.1. The molecule has 152 valence electrons. The Morgan fingerprint density at radius 3 is 2.31 bits per heavy atom. The van der Waals surface area contributed by atoms with E-state index in [1.807, 2.05) is 0 Å². The van der Waals surface area contributed by atoms with Crippen LogP contribution in [-0.4, -0.2) is 30.5 Å². The lowest BCUT2D eigenvalue weighted by Crippen LogP contribution is -2.33. The number of carbonyl (C=O) groups excluding carboxylic acids is 3. The molecule has 0 radical (unpaired) electrons. The topological polar surface area (TPSA) is 109 Å². The summed E-state index contributed by atoms with van der Waals surface area (Å²) in [5, 5.41) is 9.56. The summed E-state index contributed by atoms with van der Waals surface area (Å²) in [7, 11) is 1.45. The monoisotopic (exact) mass is 436 g/mol. The first-order valence-electron chi connectivity index (χ1n) is 8.32. The van der Waals surface area contributed by atoms with Gasteiger partial charge in [-0.2, -0.15) is 5.10 Å². The molecular weight excluding hydrogens is 419 g/mol. The third-order valence-electron chi connectivity index (χ3n) is 3.47. The molecule has 0 saturated heterocycles. The molecule has 0 bridgehead atoms. The van der Waals surface area contributed by atoms with Crippen molar-refractivity contribution < 1.29 is 19.1 Å². The van der Waals surface area contributed by atoms with Crippen molar-refractivity contribution in [2.45, 2.75) is 13.3 Å². The van der Waals surface area contributed by atoms with Crippen LogP contribution in [0, 0.1) is 0 Å². The van der Waals surface area contributed by atoms with E-state index in [9.17, 15) is 14.4 Å².